The predicted molar refractivity (Wildman–Crippen MR) is 106 cm³/mol. The van der Waals surface area contributed by atoms with E-state index in [1.165, 1.54) is 18.5 Å². The number of nitrogens with zero attached hydrogens (tertiary/aromatic N) is 4. The normalized spacial score (nSPS) is 19.7. The van der Waals surface area contributed by atoms with Crippen LogP contribution >= 0.6 is 0 Å². The molecule has 0 spiro atoms. The van der Waals surface area contributed by atoms with Gasteiger partial charge in [-0.2, -0.15) is 10.1 Å². The van der Waals surface area contributed by atoms with Crippen LogP contribution < -0.4 is 10.6 Å². The lowest BCUT2D eigenvalue weighted by molar-refractivity contribution is 0.221. The fraction of sp³-hybridized carbons (Fsp3) is 0.450. The van der Waals surface area contributed by atoms with Crippen molar-refractivity contribution in [2.45, 2.75) is 51.1 Å². The smallest absolute Gasteiger partial charge is 0.315 e. The van der Waals surface area contributed by atoms with Gasteiger partial charge in [0.25, 0.3) is 0 Å². The summed E-state index contributed by atoms with van der Waals surface area (Å²) in [6, 6.07) is 5.93. The maximum absolute atomic E-state index is 13.1. The second-order valence-corrected chi connectivity index (χ2v) is 7.89. The molecule has 1 aromatic carbocycles. The number of nitrogens with one attached hydrogen (secondary N) is 3. The van der Waals surface area contributed by atoms with Crippen molar-refractivity contribution in [3.8, 4) is 11.6 Å². The Hall–Kier alpha value is -3.30. The highest BCUT2D eigenvalue weighted by Gasteiger charge is 2.29. The summed E-state index contributed by atoms with van der Waals surface area (Å²) in [4.78, 5) is 21.0. The molecule has 2 heterocycles. The highest BCUT2D eigenvalue weighted by molar-refractivity contribution is 5.74. The molecule has 2 aromatic heterocycles. The fourth-order valence-electron chi connectivity index (χ4n) is 3.80. The Balaban J connectivity index is 1.35. The van der Waals surface area contributed by atoms with Crippen LogP contribution in [0.1, 0.15) is 56.5 Å². The third-order valence-electron chi connectivity index (χ3n) is 5.40. The lowest BCUT2D eigenvalue weighted by Crippen LogP contribution is -2.43. The van der Waals surface area contributed by atoms with E-state index < -0.39 is 6.04 Å². The van der Waals surface area contributed by atoms with Gasteiger partial charge in [0.15, 0.2) is 5.82 Å². The van der Waals surface area contributed by atoms with E-state index in [1.54, 1.807) is 0 Å². The molecule has 3 N–H and O–H groups in total. The summed E-state index contributed by atoms with van der Waals surface area (Å²) >= 11 is 0. The van der Waals surface area contributed by atoms with Gasteiger partial charge in [0.2, 0.25) is 11.7 Å². The van der Waals surface area contributed by atoms with Gasteiger partial charge in [-0.3, -0.25) is 5.10 Å². The number of carbonyl (C=O) groups excluding carboxylic acids is 1. The number of H-pyrrole nitrogens is 1. The van der Waals surface area contributed by atoms with Crippen LogP contribution in [0.15, 0.2) is 35.1 Å². The monoisotopic (exact) mass is 413 g/mol. The third kappa shape index (κ3) is 4.47. The molecular weight excluding hydrogens is 389 g/mol. The van der Waals surface area contributed by atoms with Crippen LogP contribution in [0, 0.1) is 11.7 Å². The lowest BCUT2D eigenvalue weighted by atomic mass is 9.97. The van der Waals surface area contributed by atoms with E-state index in [0.717, 1.165) is 24.8 Å². The Morgan fingerprint density at radius 2 is 2.07 bits per heavy atom. The lowest BCUT2D eigenvalue weighted by Gasteiger charge is -2.21. The Morgan fingerprint density at radius 1 is 1.27 bits per heavy atom. The Labute approximate surface area is 172 Å². The van der Waals surface area contributed by atoms with Crippen molar-refractivity contribution in [3.63, 3.8) is 0 Å². The zero-order valence-electron chi connectivity index (χ0n) is 16.8. The maximum Gasteiger partial charge on any atom is 0.315 e. The van der Waals surface area contributed by atoms with Crippen molar-refractivity contribution < 1.29 is 13.7 Å². The van der Waals surface area contributed by atoms with Crippen molar-refractivity contribution in [2.24, 2.45) is 5.92 Å². The maximum atomic E-state index is 13.1. The molecule has 158 valence electrons. The van der Waals surface area contributed by atoms with E-state index in [4.69, 9.17) is 4.52 Å². The van der Waals surface area contributed by atoms with Crippen molar-refractivity contribution in [2.75, 3.05) is 0 Å². The zero-order valence-corrected chi connectivity index (χ0v) is 16.8. The number of aromatic nitrogens is 5. The summed E-state index contributed by atoms with van der Waals surface area (Å²) in [6.07, 6.45) is 4.01. The van der Waals surface area contributed by atoms with E-state index in [2.05, 4.69) is 36.0 Å². The molecule has 1 aliphatic carbocycles. The van der Waals surface area contributed by atoms with Gasteiger partial charge in [0, 0.05) is 6.04 Å². The van der Waals surface area contributed by atoms with E-state index in [-0.39, 0.29) is 29.6 Å². The Bertz CT molecular complexity index is 971. The molecule has 0 radical (unpaired) electrons. The van der Waals surface area contributed by atoms with Gasteiger partial charge < -0.3 is 15.2 Å². The number of halogens is 1. The van der Waals surface area contributed by atoms with Gasteiger partial charge in [-0.1, -0.05) is 31.1 Å². The average molecular weight is 413 g/mol. The largest absolute Gasteiger partial charge is 0.337 e. The van der Waals surface area contributed by atoms with Crippen LogP contribution in [0.5, 0.6) is 0 Å². The standard InChI is InChI=1S/C20H24FN7O2/c1-11(2)16(19-26-18(28-30-19)17-22-10-23-27-17)25-20(29)24-15-8-5-13(9-15)12-3-6-14(21)7-4-12/h3-4,6-7,10-11,13,15-16H,5,8-9H2,1-2H3,(H,22,23,27)(H2,24,25,29). The molecule has 1 saturated carbocycles. The minimum absolute atomic E-state index is 0.0364. The molecule has 4 rings (SSSR count). The number of benzene rings is 1. The number of hydrogen-bond donors (Lipinski definition) is 3. The molecule has 0 saturated heterocycles. The highest BCUT2D eigenvalue weighted by atomic mass is 19.1. The van der Waals surface area contributed by atoms with Crippen LogP contribution in [-0.4, -0.2) is 37.4 Å². The second kappa shape index (κ2) is 8.60. The van der Waals surface area contributed by atoms with Gasteiger partial charge in [0.1, 0.15) is 18.2 Å². The summed E-state index contributed by atoms with van der Waals surface area (Å²) in [7, 11) is 0. The van der Waals surface area contributed by atoms with Crippen molar-refractivity contribution >= 4 is 6.03 Å². The summed E-state index contributed by atoms with van der Waals surface area (Å²) in [5, 5.41) is 16.3. The molecule has 3 aromatic rings. The third-order valence-corrected chi connectivity index (χ3v) is 5.40. The minimum Gasteiger partial charge on any atom is -0.337 e. The molecule has 3 atom stereocenters. The quantitative estimate of drug-likeness (QED) is 0.570. The van der Waals surface area contributed by atoms with Gasteiger partial charge in [-0.15, -0.1) is 0 Å². The minimum atomic E-state index is -0.441. The summed E-state index contributed by atoms with van der Waals surface area (Å²) in [5.74, 6) is 1.11. The predicted octanol–water partition coefficient (Wildman–Crippen LogP) is 3.33. The second-order valence-electron chi connectivity index (χ2n) is 7.89. The SMILES string of the molecule is CC(C)C(NC(=O)NC1CCC(c2ccc(F)cc2)C1)c1nc(-c2ncn[nH]2)no1. The van der Waals surface area contributed by atoms with Crippen molar-refractivity contribution in [1.29, 1.82) is 0 Å². The van der Waals surface area contributed by atoms with Crippen LogP contribution in [-0.2, 0) is 0 Å². The Kier molecular flexibility index (Phi) is 5.73. The molecule has 10 heteroatoms. The topological polar surface area (TPSA) is 122 Å². The summed E-state index contributed by atoms with van der Waals surface area (Å²) in [6.45, 7) is 3.92. The first-order chi connectivity index (χ1) is 14.5. The van der Waals surface area contributed by atoms with Crippen LogP contribution in [0.25, 0.3) is 11.6 Å². The number of aromatic amines is 1. The molecular formula is C20H24FN7O2. The molecule has 3 unspecified atom stereocenters. The molecule has 1 fully saturated rings. The first-order valence-corrected chi connectivity index (χ1v) is 10.0. The fourth-order valence-corrected chi connectivity index (χ4v) is 3.80. The zero-order chi connectivity index (χ0) is 21.1. The summed E-state index contributed by atoms with van der Waals surface area (Å²) in [5.41, 5.74) is 1.10. The number of amides is 2. The first kappa shape index (κ1) is 20.0. The van der Waals surface area contributed by atoms with Crippen LogP contribution in [0.3, 0.4) is 0 Å². The number of rotatable bonds is 6. The summed E-state index contributed by atoms with van der Waals surface area (Å²) < 4.78 is 18.5. The molecule has 1 aliphatic rings. The number of urea groups is 1. The molecule has 0 aliphatic heterocycles. The van der Waals surface area contributed by atoms with E-state index in [9.17, 15) is 9.18 Å². The van der Waals surface area contributed by atoms with Gasteiger partial charge >= 0.3 is 6.03 Å². The van der Waals surface area contributed by atoms with Crippen LogP contribution in [0.4, 0.5) is 9.18 Å². The molecule has 9 nitrogen and oxygen atoms in total. The molecule has 2 amide bonds. The molecule has 0 bridgehead atoms. The average Bonchev–Trinajstić information content (AvgIpc) is 3.47. The van der Waals surface area contributed by atoms with E-state index in [1.807, 2.05) is 26.0 Å². The highest BCUT2D eigenvalue weighted by Crippen LogP contribution is 2.34. The number of hydrogen-bond acceptors (Lipinski definition) is 6. The number of carbonyl (C=O) groups is 1. The van der Waals surface area contributed by atoms with Crippen molar-refractivity contribution in [1.82, 2.24) is 36.0 Å². The van der Waals surface area contributed by atoms with Gasteiger partial charge in [-0.05, 0) is 48.8 Å². The van der Waals surface area contributed by atoms with Gasteiger partial charge in [0.05, 0.1) is 0 Å². The van der Waals surface area contributed by atoms with Gasteiger partial charge in [-0.25, -0.2) is 14.2 Å². The van der Waals surface area contributed by atoms with E-state index >= 15 is 0 Å². The van der Waals surface area contributed by atoms with Crippen molar-refractivity contribution in [3.05, 3.63) is 47.9 Å². The van der Waals surface area contributed by atoms with E-state index in [0.29, 0.717) is 17.6 Å². The Morgan fingerprint density at radius 3 is 2.77 bits per heavy atom. The molecule has 30 heavy (non-hydrogen) atoms. The van der Waals surface area contributed by atoms with Crippen LogP contribution in [0.2, 0.25) is 0 Å². The first-order valence-electron chi connectivity index (χ1n) is 10.0.